The molecule has 1 heterocycles. The molecule has 1 aromatic carbocycles. The number of benzene rings is 1. The average molecular weight is 130 g/mol. The SMILES string of the molecule is N#C[C@@H]1Nc2ccccc21. The Morgan fingerprint density at radius 2 is 2.20 bits per heavy atom. The van der Waals surface area contributed by atoms with Crippen LogP contribution in [0.4, 0.5) is 5.69 Å². The molecule has 1 aliphatic rings. The summed E-state index contributed by atoms with van der Waals surface area (Å²) in [7, 11) is 0. The van der Waals surface area contributed by atoms with Crippen LogP contribution in [-0.2, 0) is 0 Å². The first kappa shape index (κ1) is 5.31. The van der Waals surface area contributed by atoms with Gasteiger partial charge in [-0.2, -0.15) is 5.26 Å². The Labute approximate surface area is 59.1 Å². The summed E-state index contributed by atoms with van der Waals surface area (Å²) in [6.45, 7) is 0. The van der Waals surface area contributed by atoms with Crippen LogP contribution >= 0.6 is 0 Å². The van der Waals surface area contributed by atoms with Gasteiger partial charge in [-0.05, 0) is 6.07 Å². The minimum Gasteiger partial charge on any atom is -0.366 e. The molecule has 48 valence electrons. The molecule has 0 spiro atoms. The maximum absolute atomic E-state index is 8.52. The maximum Gasteiger partial charge on any atom is 0.142 e. The third-order valence-electron chi connectivity index (χ3n) is 1.70. The Kier molecular flexibility index (Phi) is 0.925. The molecule has 0 saturated heterocycles. The van der Waals surface area contributed by atoms with E-state index >= 15 is 0 Å². The third kappa shape index (κ3) is 0.519. The first-order valence-corrected chi connectivity index (χ1v) is 3.17. The number of anilines is 1. The van der Waals surface area contributed by atoms with Gasteiger partial charge in [-0.3, -0.25) is 0 Å². The molecule has 0 radical (unpaired) electrons. The molecular weight excluding hydrogens is 124 g/mol. The standard InChI is InChI=1S/C8H6N2/c9-5-8-6-3-1-2-4-7(6)10-8/h1-4,8,10H/t8-/m0/s1. The van der Waals surface area contributed by atoms with Crippen molar-refractivity contribution in [1.29, 1.82) is 5.26 Å². The Morgan fingerprint density at radius 3 is 2.90 bits per heavy atom. The largest absolute Gasteiger partial charge is 0.366 e. The van der Waals surface area contributed by atoms with Crippen LogP contribution < -0.4 is 5.32 Å². The van der Waals surface area contributed by atoms with E-state index in [1.165, 1.54) is 0 Å². The van der Waals surface area contributed by atoms with E-state index in [4.69, 9.17) is 5.26 Å². The van der Waals surface area contributed by atoms with Gasteiger partial charge in [-0.15, -0.1) is 0 Å². The zero-order chi connectivity index (χ0) is 6.97. The van der Waals surface area contributed by atoms with Gasteiger partial charge in [0.05, 0.1) is 6.07 Å². The fourth-order valence-corrected chi connectivity index (χ4v) is 1.14. The number of nitrogens with zero attached hydrogens (tertiary/aromatic N) is 1. The minimum absolute atomic E-state index is 0.0730. The number of nitrogens with one attached hydrogen (secondary N) is 1. The van der Waals surface area contributed by atoms with Gasteiger partial charge in [-0.1, -0.05) is 18.2 Å². The summed E-state index contributed by atoms with van der Waals surface area (Å²) in [6, 6.07) is 9.93. The first-order chi connectivity index (χ1) is 4.92. The topological polar surface area (TPSA) is 35.8 Å². The lowest BCUT2D eigenvalue weighted by Gasteiger charge is -2.26. The first-order valence-electron chi connectivity index (χ1n) is 3.17. The second kappa shape index (κ2) is 1.74. The molecule has 1 aliphatic heterocycles. The van der Waals surface area contributed by atoms with Gasteiger partial charge in [0.1, 0.15) is 6.04 Å². The number of para-hydroxylation sites is 1. The van der Waals surface area contributed by atoms with Crippen LogP contribution in [0.5, 0.6) is 0 Å². The van der Waals surface area contributed by atoms with Crippen molar-refractivity contribution in [3.63, 3.8) is 0 Å². The molecule has 0 aromatic heterocycles. The zero-order valence-corrected chi connectivity index (χ0v) is 5.33. The van der Waals surface area contributed by atoms with Crippen molar-refractivity contribution in [2.75, 3.05) is 5.32 Å². The van der Waals surface area contributed by atoms with Crippen LogP contribution in [0.15, 0.2) is 24.3 Å². The highest BCUT2D eigenvalue weighted by molar-refractivity contribution is 5.65. The molecular formula is C8H6N2. The minimum atomic E-state index is -0.0730. The number of nitriles is 1. The predicted molar refractivity (Wildman–Crippen MR) is 38.4 cm³/mol. The molecule has 0 aliphatic carbocycles. The summed E-state index contributed by atoms with van der Waals surface area (Å²) in [5.74, 6) is 0. The van der Waals surface area contributed by atoms with Gasteiger partial charge in [0.25, 0.3) is 0 Å². The van der Waals surface area contributed by atoms with E-state index in [1.54, 1.807) is 0 Å². The van der Waals surface area contributed by atoms with E-state index < -0.39 is 0 Å². The van der Waals surface area contributed by atoms with Crippen LogP contribution in [-0.4, -0.2) is 0 Å². The Bertz CT molecular complexity index is 298. The summed E-state index contributed by atoms with van der Waals surface area (Å²) in [6.07, 6.45) is 0. The zero-order valence-electron chi connectivity index (χ0n) is 5.33. The number of rotatable bonds is 0. The normalized spacial score (nSPS) is 19.7. The number of fused-ring (bicyclic) bond motifs is 1. The van der Waals surface area contributed by atoms with Gasteiger partial charge in [0.2, 0.25) is 0 Å². The van der Waals surface area contributed by atoms with Crippen molar-refractivity contribution in [2.24, 2.45) is 0 Å². The molecule has 0 bridgehead atoms. The monoisotopic (exact) mass is 130 g/mol. The van der Waals surface area contributed by atoms with E-state index in [0.29, 0.717) is 0 Å². The molecule has 0 fully saturated rings. The van der Waals surface area contributed by atoms with E-state index in [-0.39, 0.29) is 6.04 Å². The van der Waals surface area contributed by atoms with Crippen LogP contribution in [0.1, 0.15) is 11.6 Å². The Hall–Kier alpha value is -1.49. The van der Waals surface area contributed by atoms with Crippen LogP contribution in [0.2, 0.25) is 0 Å². The molecule has 2 heteroatoms. The van der Waals surface area contributed by atoms with Crippen LogP contribution in [0.3, 0.4) is 0 Å². The van der Waals surface area contributed by atoms with Crippen molar-refractivity contribution in [3.05, 3.63) is 29.8 Å². The Balaban J connectivity index is 2.45. The summed E-state index contributed by atoms with van der Waals surface area (Å²) in [5.41, 5.74) is 2.21. The van der Waals surface area contributed by atoms with Gasteiger partial charge >= 0.3 is 0 Å². The molecule has 2 nitrogen and oxygen atoms in total. The summed E-state index contributed by atoms with van der Waals surface area (Å²) in [4.78, 5) is 0. The predicted octanol–water partition coefficient (Wildman–Crippen LogP) is 1.68. The van der Waals surface area contributed by atoms with Crippen molar-refractivity contribution in [2.45, 2.75) is 6.04 Å². The quantitative estimate of drug-likeness (QED) is 0.580. The molecule has 0 saturated carbocycles. The Morgan fingerprint density at radius 1 is 1.40 bits per heavy atom. The highest BCUT2D eigenvalue weighted by atomic mass is 15.0. The number of hydrogen-bond acceptors (Lipinski definition) is 2. The smallest absolute Gasteiger partial charge is 0.142 e. The lowest BCUT2D eigenvalue weighted by Crippen LogP contribution is -2.20. The van der Waals surface area contributed by atoms with Crippen LogP contribution in [0, 0.1) is 11.3 Å². The second-order valence-electron chi connectivity index (χ2n) is 2.29. The lowest BCUT2D eigenvalue weighted by molar-refractivity contribution is 0.921. The average Bonchev–Trinajstić information content (AvgIpc) is 1.92. The molecule has 1 atom stereocenters. The van der Waals surface area contributed by atoms with Gasteiger partial charge in [-0.25, -0.2) is 0 Å². The molecule has 1 N–H and O–H groups in total. The van der Waals surface area contributed by atoms with E-state index in [9.17, 15) is 0 Å². The highest BCUT2D eigenvalue weighted by Gasteiger charge is 2.23. The summed E-state index contributed by atoms with van der Waals surface area (Å²) in [5, 5.41) is 11.5. The molecule has 0 unspecified atom stereocenters. The van der Waals surface area contributed by atoms with Crippen molar-refractivity contribution >= 4 is 5.69 Å². The van der Waals surface area contributed by atoms with Crippen LogP contribution in [0.25, 0.3) is 0 Å². The van der Waals surface area contributed by atoms with Gasteiger partial charge in [0.15, 0.2) is 0 Å². The van der Waals surface area contributed by atoms with E-state index in [1.807, 2.05) is 24.3 Å². The fourth-order valence-electron chi connectivity index (χ4n) is 1.14. The third-order valence-corrected chi connectivity index (χ3v) is 1.70. The maximum atomic E-state index is 8.52. The van der Waals surface area contributed by atoms with E-state index in [0.717, 1.165) is 11.3 Å². The van der Waals surface area contributed by atoms with E-state index in [2.05, 4.69) is 11.4 Å². The lowest BCUT2D eigenvalue weighted by atomic mass is 9.98. The molecule has 1 aromatic rings. The van der Waals surface area contributed by atoms with Crippen molar-refractivity contribution < 1.29 is 0 Å². The van der Waals surface area contributed by atoms with Gasteiger partial charge in [0, 0.05) is 11.3 Å². The summed E-state index contributed by atoms with van der Waals surface area (Å²) < 4.78 is 0. The van der Waals surface area contributed by atoms with Gasteiger partial charge < -0.3 is 5.32 Å². The fraction of sp³-hybridized carbons (Fsp3) is 0.125. The number of hydrogen-bond donors (Lipinski definition) is 1. The second-order valence-corrected chi connectivity index (χ2v) is 2.29. The van der Waals surface area contributed by atoms with Crippen molar-refractivity contribution in [3.8, 4) is 6.07 Å². The molecule has 0 amide bonds. The van der Waals surface area contributed by atoms with Crippen molar-refractivity contribution in [1.82, 2.24) is 0 Å². The molecule has 2 rings (SSSR count). The summed E-state index contributed by atoms with van der Waals surface area (Å²) >= 11 is 0. The highest BCUT2D eigenvalue weighted by Crippen LogP contribution is 2.34. The molecule has 10 heavy (non-hydrogen) atoms.